The van der Waals surface area contributed by atoms with Crippen LogP contribution >= 0.6 is 0 Å². The van der Waals surface area contributed by atoms with Crippen LogP contribution < -0.4 is 11.5 Å². The van der Waals surface area contributed by atoms with Gasteiger partial charge in [-0.1, -0.05) is 18.2 Å². The van der Waals surface area contributed by atoms with Crippen LogP contribution in [-0.2, 0) is 11.0 Å². The van der Waals surface area contributed by atoms with Crippen molar-refractivity contribution in [3.05, 3.63) is 59.2 Å². The lowest BCUT2D eigenvalue weighted by Crippen LogP contribution is -2.24. The van der Waals surface area contributed by atoms with Gasteiger partial charge >= 0.3 is 6.18 Å². The summed E-state index contributed by atoms with van der Waals surface area (Å²) in [6.07, 6.45) is -3.12. The first-order valence-corrected chi connectivity index (χ1v) is 7.41. The Bertz CT molecular complexity index is 882. The second kappa shape index (κ2) is 7.30. The number of guanidine groups is 1. The Balaban J connectivity index is 2.60. The van der Waals surface area contributed by atoms with Gasteiger partial charge in [-0.05, 0) is 54.0 Å². The number of carbonyl (C=O) groups is 1. The van der Waals surface area contributed by atoms with Crippen molar-refractivity contribution in [2.24, 2.45) is 16.5 Å². The normalized spacial score (nSPS) is 11.9. The summed E-state index contributed by atoms with van der Waals surface area (Å²) in [7, 11) is 0. The Kier molecular flexibility index (Phi) is 5.35. The van der Waals surface area contributed by atoms with E-state index in [0.717, 1.165) is 12.1 Å². The minimum absolute atomic E-state index is 0.0167. The minimum Gasteiger partial charge on any atom is -0.508 e. The van der Waals surface area contributed by atoms with Gasteiger partial charge in [-0.25, -0.2) is 0 Å². The Hall–Kier alpha value is -3.29. The van der Waals surface area contributed by atoms with E-state index in [2.05, 4.69) is 4.99 Å². The summed E-state index contributed by atoms with van der Waals surface area (Å²) < 4.78 is 39.2. The Labute approximate surface area is 147 Å². The van der Waals surface area contributed by atoms with Crippen molar-refractivity contribution in [2.45, 2.75) is 13.1 Å². The van der Waals surface area contributed by atoms with Gasteiger partial charge in [0, 0.05) is 5.57 Å². The molecule has 0 atom stereocenters. The topological polar surface area (TPSA) is 102 Å². The molecule has 0 fully saturated rings. The van der Waals surface area contributed by atoms with E-state index in [9.17, 15) is 23.1 Å². The standard InChI is InChI=1S/C18H16F3N3O2/c1-10(16(26)24-17(22)23)8-12-2-5-13(18(19,20)21)9-15(12)11-3-6-14(25)7-4-11/h2-9,25H,1H3,(H4,22,23,24,26). The molecule has 2 aromatic carbocycles. The number of nitrogens with two attached hydrogens (primary N) is 2. The molecule has 0 radical (unpaired) electrons. The predicted molar refractivity (Wildman–Crippen MR) is 93.0 cm³/mol. The van der Waals surface area contributed by atoms with Crippen LogP contribution in [0.3, 0.4) is 0 Å². The number of rotatable bonds is 3. The molecule has 5 N–H and O–H groups in total. The molecule has 1 amide bonds. The van der Waals surface area contributed by atoms with Gasteiger partial charge in [0.15, 0.2) is 5.96 Å². The van der Waals surface area contributed by atoms with Crippen LogP contribution in [0.25, 0.3) is 17.2 Å². The Morgan fingerprint density at radius 1 is 1.12 bits per heavy atom. The van der Waals surface area contributed by atoms with Gasteiger partial charge in [-0.3, -0.25) is 4.79 Å². The average Bonchev–Trinajstić information content (AvgIpc) is 2.54. The van der Waals surface area contributed by atoms with Crippen molar-refractivity contribution < 1.29 is 23.1 Å². The number of amides is 1. The molecule has 0 aliphatic heterocycles. The molecule has 0 aromatic heterocycles. The number of nitrogens with zero attached hydrogens (tertiary/aromatic N) is 1. The molecule has 0 aliphatic carbocycles. The molecule has 0 unspecified atom stereocenters. The molecule has 0 aliphatic rings. The first-order chi connectivity index (χ1) is 12.1. The summed E-state index contributed by atoms with van der Waals surface area (Å²) in [5.74, 6) is -1.12. The smallest absolute Gasteiger partial charge is 0.416 e. The molecule has 5 nitrogen and oxygen atoms in total. The highest BCUT2D eigenvalue weighted by Crippen LogP contribution is 2.35. The number of carbonyl (C=O) groups excluding carboxylic acids is 1. The van der Waals surface area contributed by atoms with E-state index in [0.29, 0.717) is 11.1 Å². The fourth-order valence-corrected chi connectivity index (χ4v) is 2.25. The van der Waals surface area contributed by atoms with Gasteiger partial charge in [-0.15, -0.1) is 0 Å². The van der Waals surface area contributed by atoms with Gasteiger partial charge < -0.3 is 16.6 Å². The van der Waals surface area contributed by atoms with E-state index in [-0.39, 0.29) is 16.9 Å². The summed E-state index contributed by atoms with van der Waals surface area (Å²) in [5.41, 5.74) is 10.7. The molecule has 0 heterocycles. The summed E-state index contributed by atoms with van der Waals surface area (Å²) in [6.45, 7) is 1.45. The first kappa shape index (κ1) is 19.0. The number of aromatic hydroxyl groups is 1. The third-order valence-corrected chi connectivity index (χ3v) is 3.50. The van der Waals surface area contributed by atoms with Crippen molar-refractivity contribution in [3.63, 3.8) is 0 Å². The Morgan fingerprint density at radius 3 is 2.27 bits per heavy atom. The van der Waals surface area contributed by atoms with E-state index in [1.165, 1.54) is 43.3 Å². The van der Waals surface area contributed by atoms with E-state index in [1.807, 2.05) is 0 Å². The highest BCUT2D eigenvalue weighted by atomic mass is 19.4. The van der Waals surface area contributed by atoms with Crippen molar-refractivity contribution in [3.8, 4) is 16.9 Å². The second-order valence-corrected chi connectivity index (χ2v) is 5.52. The molecule has 0 saturated carbocycles. The van der Waals surface area contributed by atoms with Crippen LogP contribution in [0.1, 0.15) is 18.1 Å². The van der Waals surface area contributed by atoms with E-state index in [4.69, 9.17) is 11.5 Å². The molecule has 0 spiro atoms. The third-order valence-electron chi connectivity index (χ3n) is 3.50. The van der Waals surface area contributed by atoms with Gasteiger partial charge in [0.2, 0.25) is 0 Å². The number of phenolic OH excluding ortho intramolecular Hbond substituents is 1. The van der Waals surface area contributed by atoms with Crippen molar-refractivity contribution in [1.29, 1.82) is 0 Å². The van der Waals surface area contributed by atoms with Crippen molar-refractivity contribution in [2.75, 3.05) is 0 Å². The zero-order chi connectivity index (χ0) is 19.5. The maximum atomic E-state index is 13.1. The zero-order valence-corrected chi connectivity index (χ0v) is 13.7. The fourth-order valence-electron chi connectivity index (χ4n) is 2.25. The van der Waals surface area contributed by atoms with Gasteiger partial charge in [-0.2, -0.15) is 18.2 Å². The number of benzene rings is 2. The monoisotopic (exact) mass is 363 g/mol. The zero-order valence-electron chi connectivity index (χ0n) is 13.7. The number of hydrogen-bond donors (Lipinski definition) is 3. The van der Waals surface area contributed by atoms with Crippen molar-refractivity contribution >= 4 is 17.9 Å². The lowest BCUT2D eigenvalue weighted by Gasteiger charge is -2.13. The molecule has 2 rings (SSSR count). The minimum atomic E-state index is -4.52. The second-order valence-electron chi connectivity index (χ2n) is 5.52. The molecule has 136 valence electrons. The summed E-state index contributed by atoms with van der Waals surface area (Å²) in [5, 5.41) is 9.38. The number of hydrogen-bond acceptors (Lipinski definition) is 2. The number of aliphatic imine (C=N–C) groups is 1. The number of alkyl halides is 3. The molecule has 0 bridgehead atoms. The van der Waals surface area contributed by atoms with Crippen LogP contribution in [0.5, 0.6) is 5.75 Å². The van der Waals surface area contributed by atoms with E-state index < -0.39 is 23.6 Å². The summed E-state index contributed by atoms with van der Waals surface area (Å²) >= 11 is 0. The molecular weight excluding hydrogens is 347 g/mol. The lowest BCUT2D eigenvalue weighted by atomic mass is 9.95. The van der Waals surface area contributed by atoms with E-state index >= 15 is 0 Å². The van der Waals surface area contributed by atoms with Crippen LogP contribution in [0.2, 0.25) is 0 Å². The van der Waals surface area contributed by atoms with Gasteiger partial charge in [0.1, 0.15) is 5.75 Å². The predicted octanol–water partition coefficient (Wildman–Crippen LogP) is 3.28. The first-order valence-electron chi connectivity index (χ1n) is 7.41. The summed E-state index contributed by atoms with van der Waals surface area (Å²) in [6, 6.07) is 8.85. The van der Waals surface area contributed by atoms with Gasteiger partial charge in [0.05, 0.1) is 5.56 Å². The van der Waals surface area contributed by atoms with Crippen molar-refractivity contribution in [1.82, 2.24) is 0 Å². The fraction of sp³-hybridized carbons (Fsp3) is 0.111. The van der Waals surface area contributed by atoms with Gasteiger partial charge in [0.25, 0.3) is 5.91 Å². The van der Waals surface area contributed by atoms with Crippen LogP contribution in [0.4, 0.5) is 13.2 Å². The highest BCUT2D eigenvalue weighted by Gasteiger charge is 2.31. The molecule has 2 aromatic rings. The molecule has 26 heavy (non-hydrogen) atoms. The van der Waals surface area contributed by atoms with Crippen LogP contribution in [-0.4, -0.2) is 17.0 Å². The quantitative estimate of drug-likeness (QED) is 0.442. The number of phenols is 1. The van der Waals surface area contributed by atoms with Crippen LogP contribution in [0.15, 0.2) is 53.0 Å². The third kappa shape index (κ3) is 4.62. The molecule has 0 saturated heterocycles. The molecular formula is C18H16F3N3O2. The Morgan fingerprint density at radius 2 is 1.73 bits per heavy atom. The average molecular weight is 363 g/mol. The van der Waals surface area contributed by atoms with E-state index in [1.54, 1.807) is 0 Å². The largest absolute Gasteiger partial charge is 0.508 e. The highest BCUT2D eigenvalue weighted by molar-refractivity contribution is 6.04. The maximum absolute atomic E-state index is 13.1. The maximum Gasteiger partial charge on any atom is 0.416 e. The van der Waals surface area contributed by atoms with Crippen LogP contribution in [0, 0.1) is 0 Å². The molecule has 8 heteroatoms. The number of halogens is 3. The summed E-state index contributed by atoms with van der Waals surface area (Å²) in [4.78, 5) is 15.2. The lowest BCUT2D eigenvalue weighted by molar-refractivity contribution is -0.137. The SMILES string of the molecule is CC(=Cc1ccc(C(F)(F)F)cc1-c1ccc(O)cc1)C(=O)N=C(N)N.